The number of hydrogen-bond acceptors (Lipinski definition) is 1. The Morgan fingerprint density at radius 3 is 2.68 bits per heavy atom. The molecule has 4 rings (SSSR count). The van der Waals surface area contributed by atoms with Crippen molar-refractivity contribution in [3.63, 3.8) is 0 Å². The lowest BCUT2D eigenvalue weighted by Gasteiger charge is -2.31. The minimum atomic E-state index is -0.137. The second-order valence-electron chi connectivity index (χ2n) is 8.69. The molecule has 3 aromatic rings. The molecule has 1 aliphatic rings. The molecule has 3 heteroatoms. The minimum absolute atomic E-state index is 0.137. The largest absolute Gasteiger partial charge is 0.362 e. The van der Waals surface area contributed by atoms with Crippen LogP contribution in [0.4, 0.5) is 5.69 Å². The van der Waals surface area contributed by atoms with Crippen LogP contribution in [0.25, 0.3) is 17.0 Å². The van der Waals surface area contributed by atoms with Gasteiger partial charge in [0, 0.05) is 34.1 Å². The maximum absolute atomic E-state index is 6.35. The zero-order chi connectivity index (χ0) is 22.0. The zero-order valence-corrected chi connectivity index (χ0v) is 19.7. The van der Waals surface area contributed by atoms with Crippen molar-refractivity contribution in [2.24, 2.45) is 0 Å². The van der Waals surface area contributed by atoms with Gasteiger partial charge in [-0.2, -0.15) is 4.57 Å². The molecule has 1 aliphatic heterocycles. The van der Waals surface area contributed by atoms with Crippen LogP contribution >= 0.6 is 11.6 Å². The Balaban J connectivity index is 1.74. The average molecular weight is 431 g/mol. The van der Waals surface area contributed by atoms with E-state index in [-0.39, 0.29) is 5.41 Å². The summed E-state index contributed by atoms with van der Waals surface area (Å²) < 4.78 is 2.28. The SMILES string of the molecule is CCCCN1C(=[C-]C=Cc2cc[n+](CC)c3ccccc23)C(C)(C)c2cc(Cl)ccc21. The molecule has 1 aromatic heterocycles. The second kappa shape index (κ2) is 8.88. The van der Waals surface area contributed by atoms with E-state index in [2.05, 4.69) is 104 Å². The number of anilines is 1. The van der Waals surface area contributed by atoms with Crippen molar-refractivity contribution in [3.8, 4) is 0 Å². The molecule has 2 aromatic carbocycles. The summed E-state index contributed by atoms with van der Waals surface area (Å²) in [5, 5.41) is 2.05. The van der Waals surface area contributed by atoms with Crippen molar-refractivity contribution in [3.05, 3.63) is 88.7 Å². The standard InChI is InChI=1S/C28H31ClN2/c1-5-7-18-31-26-16-15-22(29)20-24(26)28(3,4)27(31)14-10-11-21-17-19-30(6-2)25-13-9-8-12-23(21)25/h8-13,15-17,19-20H,5-7,18H2,1-4H3. The molecule has 0 N–H and O–H groups in total. The predicted molar refractivity (Wildman–Crippen MR) is 132 cm³/mol. The Morgan fingerprint density at radius 2 is 1.90 bits per heavy atom. The number of hydrogen-bond donors (Lipinski definition) is 0. The lowest BCUT2D eigenvalue weighted by molar-refractivity contribution is -0.667. The first-order chi connectivity index (χ1) is 15.0. The maximum atomic E-state index is 6.35. The number of benzene rings is 2. The van der Waals surface area contributed by atoms with E-state index in [0.29, 0.717) is 0 Å². The molecule has 160 valence electrons. The summed E-state index contributed by atoms with van der Waals surface area (Å²) >= 11 is 6.35. The Bertz CT molecular complexity index is 1160. The molecule has 0 aliphatic carbocycles. The van der Waals surface area contributed by atoms with Crippen LogP contribution in [0.3, 0.4) is 0 Å². The molecular weight excluding hydrogens is 400 g/mol. The van der Waals surface area contributed by atoms with Crippen LogP contribution in [0.2, 0.25) is 5.02 Å². The fourth-order valence-corrected chi connectivity index (χ4v) is 4.75. The Labute approximate surface area is 191 Å². The van der Waals surface area contributed by atoms with E-state index in [9.17, 15) is 0 Å². The number of aromatic nitrogens is 1. The summed E-state index contributed by atoms with van der Waals surface area (Å²) in [5.74, 6) is 0. The van der Waals surface area contributed by atoms with Gasteiger partial charge in [0.2, 0.25) is 5.52 Å². The fraction of sp³-hybridized carbons (Fsp3) is 0.321. The Kier molecular flexibility index (Phi) is 6.20. The lowest BCUT2D eigenvalue weighted by Crippen LogP contribution is -2.32. The number of nitrogens with zero attached hydrogens (tertiary/aromatic N) is 2. The van der Waals surface area contributed by atoms with Gasteiger partial charge in [0.05, 0.1) is 0 Å². The van der Waals surface area contributed by atoms with Crippen molar-refractivity contribution in [2.75, 3.05) is 11.4 Å². The van der Waals surface area contributed by atoms with Crippen molar-refractivity contribution in [1.29, 1.82) is 0 Å². The molecule has 31 heavy (non-hydrogen) atoms. The third kappa shape index (κ3) is 4.02. The van der Waals surface area contributed by atoms with Crippen molar-refractivity contribution >= 4 is 34.3 Å². The second-order valence-corrected chi connectivity index (χ2v) is 9.13. The maximum Gasteiger partial charge on any atom is 0.211 e. The van der Waals surface area contributed by atoms with E-state index in [0.717, 1.165) is 31.0 Å². The molecule has 2 nitrogen and oxygen atoms in total. The first kappa shape index (κ1) is 21.6. The highest BCUT2D eigenvalue weighted by molar-refractivity contribution is 6.30. The van der Waals surface area contributed by atoms with Gasteiger partial charge in [-0.05, 0) is 49.2 Å². The van der Waals surface area contributed by atoms with Gasteiger partial charge in [-0.1, -0.05) is 62.2 Å². The molecule has 0 atom stereocenters. The van der Waals surface area contributed by atoms with Gasteiger partial charge in [0.15, 0.2) is 6.20 Å². The number of unbranched alkanes of at least 4 members (excludes halogenated alkanes) is 1. The van der Waals surface area contributed by atoms with E-state index >= 15 is 0 Å². The molecule has 0 amide bonds. The van der Waals surface area contributed by atoms with Gasteiger partial charge in [-0.25, -0.2) is 18.2 Å². The van der Waals surface area contributed by atoms with Crippen LogP contribution in [-0.4, -0.2) is 6.54 Å². The highest BCUT2D eigenvalue weighted by atomic mass is 35.5. The van der Waals surface area contributed by atoms with Gasteiger partial charge in [0.25, 0.3) is 0 Å². The normalized spacial score (nSPS) is 16.5. The minimum Gasteiger partial charge on any atom is -0.362 e. The number of para-hydroxylation sites is 1. The van der Waals surface area contributed by atoms with Crippen molar-refractivity contribution < 1.29 is 4.57 Å². The summed E-state index contributed by atoms with van der Waals surface area (Å²) in [4.78, 5) is 2.42. The van der Waals surface area contributed by atoms with Crippen LogP contribution in [0.15, 0.2) is 66.5 Å². The van der Waals surface area contributed by atoms with Gasteiger partial charge in [0.1, 0.15) is 6.54 Å². The van der Waals surface area contributed by atoms with E-state index in [4.69, 9.17) is 11.6 Å². The molecule has 2 heterocycles. The van der Waals surface area contributed by atoms with E-state index in [1.54, 1.807) is 0 Å². The van der Waals surface area contributed by atoms with Gasteiger partial charge < -0.3 is 4.90 Å². The molecule has 0 fully saturated rings. The van der Waals surface area contributed by atoms with Gasteiger partial charge in [-0.3, -0.25) is 0 Å². The predicted octanol–water partition coefficient (Wildman–Crippen LogP) is 7.10. The first-order valence-corrected chi connectivity index (χ1v) is 11.6. The summed E-state index contributed by atoms with van der Waals surface area (Å²) in [6.07, 6.45) is 12.4. The molecule has 0 unspecified atom stereocenters. The summed E-state index contributed by atoms with van der Waals surface area (Å²) in [5.41, 5.74) is 6.08. The summed E-state index contributed by atoms with van der Waals surface area (Å²) in [7, 11) is 0. The zero-order valence-electron chi connectivity index (χ0n) is 19.0. The third-order valence-electron chi connectivity index (χ3n) is 6.30. The molecule has 0 bridgehead atoms. The molecular formula is C28H31ClN2. The average Bonchev–Trinajstić information content (AvgIpc) is 2.98. The van der Waals surface area contributed by atoms with E-state index in [1.165, 1.54) is 33.4 Å². The molecule has 0 spiro atoms. The van der Waals surface area contributed by atoms with Crippen LogP contribution in [0.1, 0.15) is 51.7 Å². The number of allylic oxidation sites excluding steroid dienone is 3. The van der Waals surface area contributed by atoms with Gasteiger partial charge in [-0.15, -0.1) is 0 Å². The highest BCUT2D eigenvalue weighted by Crippen LogP contribution is 2.48. The monoisotopic (exact) mass is 430 g/mol. The summed E-state index contributed by atoms with van der Waals surface area (Å²) in [6, 6.07) is 17.0. The fourth-order valence-electron chi connectivity index (χ4n) is 4.58. The molecule has 0 saturated heterocycles. The smallest absolute Gasteiger partial charge is 0.211 e. The summed E-state index contributed by atoms with van der Waals surface area (Å²) in [6.45, 7) is 10.9. The van der Waals surface area contributed by atoms with Crippen molar-refractivity contribution in [2.45, 2.75) is 52.5 Å². The lowest BCUT2D eigenvalue weighted by atomic mass is 9.83. The van der Waals surface area contributed by atoms with Crippen LogP contribution < -0.4 is 9.47 Å². The van der Waals surface area contributed by atoms with Gasteiger partial charge >= 0.3 is 0 Å². The number of pyridine rings is 1. The topological polar surface area (TPSA) is 7.12 Å². The Hall–Kier alpha value is -2.58. The highest BCUT2D eigenvalue weighted by Gasteiger charge is 2.37. The van der Waals surface area contributed by atoms with Crippen LogP contribution in [-0.2, 0) is 12.0 Å². The van der Waals surface area contributed by atoms with Crippen LogP contribution in [0.5, 0.6) is 0 Å². The van der Waals surface area contributed by atoms with E-state index < -0.39 is 0 Å². The third-order valence-corrected chi connectivity index (χ3v) is 6.54. The Morgan fingerprint density at radius 1 is 1.10 bits per heavy atom. The van der Waals surface area contributed by atoms with Crippen LogP contribution in [0, 0.1) is 6.08 Å². The number of halogens is 1. The number of aryl methyl sites for hydroxylation is 1. The number of rotatable bonds is 6. The quantitative estimate of drug-likeness (QED) is 0.299. The van der Waals surface area contributed by atoms with Crippen molar-refractivity contribution in [1.82, 2.24) is 0 Å². The molecule has 0 radical (unpaired) electrons. The first-order valence-electron chi connectivity index (χ1n) is 11.3. The van der Waals surface area contributed by atoms with E-state index in [1.807, 2.05) is 6.07 Å². The number of fused-ring (bicyclic) bond motifs is 2. The molecule has 0 saturated carbocycles.